The molecule has 4 nitrogen and oxygen atoms in total. The second-order valence-electron chi connectivity index (χ2n) is 6.91. The molecule has 6 heteroatoms. The van der Waals surface area contributed by atoms with E-state index in [0.717, 1.165) is 34.1 Å². The van der Waals surface area contributed by atoms with Gasteiger partial charge in [0.1, 0.15) is 5.15 Å². The van der Waals surface area contributed by atoms with Gasteiger partial charge in [-0.25, -0.2) is 4.98 Å². The second kappa shape index (κ2) is 7.51. The number of benzene rings is 1. The smallest absolute Gasteiger partial charge is 0.261 e. The van der Waals surface area contributed by atoms with Crippen molar-refractivity contribution < 1.29 is 4.79 Å². The molecule has 26 heavy (non-hydrogen) atoms. The molecule has 1 N–H and O–H groups in total. The van der Waals surface area contributed by atoms with Crippen molar-refractivity contribution in [3.05, 3.63) is 40.4 Å². The first kappa shape index (κ1) is 17.7. The number of piperidine rings is 1. The number of thiophene rings is 1. The van der Waals surface area contributed by atoms with Crippen LogP contribution in [-0.2, 0) is 0 Å². The number of halogens is 1. The van der Waals surface area contributed by atoms with Gasteiger partial charge in [-0.05, 0) is 38.4 Å². The summed E-state index contributed by atoms with van der Waals surface area (Å²) in [6.45, 7) is 4.98. The van der Waals surface area contributed by atoms with Crippen molar-refractivity contribution in [2.75, 3.05) is 19.6 Å². The fraction of sp³-hybridized carbons (Fsp3) is 0.400. The summed E-state index contributed by atoms with van der Waals surface area (Å²) in [6, 6.07) is 10.4. The molecule has 136 valence electrons. The van der Waals surface area contributed by atoms with Crippen molar-refractivity contribution >= 4 is 49.8 Å². The summed E-state index contributed by atoms with van der Waals surface area (Å²) in [5.74, 6) is -0.0315. The van der Waals surface area contributed by atoms with Crippen LogP contribution < -0.4 is 5.32 Å². The second-order valence-corrected chi connectivity index (χ2v) is 8.32. The molecule has 0 saturated carbocycles. The van der Waals surface area contributed by atoms with Crippen LogP contribution in [0.5, 0.6) is 0 Å². The minimum atomic E-state index is -0.0315. The third-order valence-corrected chi connectivity index (χ3v) is 6.63. The van der Waals surface area contributed by atoms with E-state index in [-0.39, 0.29) is 5.91 Å². The van der Waals surface area contributed by atoms with E-state index in [9.17, 15) is 4.79 Å². The highest BCUT2D eigenvalue weighted by Gasteiger charge is 2.19. The number of hydrogen-bond donors (Lipinski definition) is 1. The number of fused-ring (bicyclic) bond motifs is 3. The number of hydrogen-bond acceptors (Lipinski definition) is 4. The van der Waals surface area contributed by atoms with Crippen LogP contribution in [0.3, 0.4) is 0 Å². The highest BCUT2D eigenvalue weighted by molar-refractivity contribution is 7.21. The number of para-hydroxylation sites is 1. The first-order chi connectivity index (χ1) is 12.6. The SMILES string of the molecule is CC1CCCCN1CCNC(=O)c1cc2c(Cl)nc3ccccc3c2s1. The Balaban J connectivity index is 1.50. The highest BCUT2D eigenvalue weighted by Crippen LogP contribution is 2.35. The molecule has 1 aliphatic heterocycles. The van der Waals surface area contributed by atoms with E-state index in [4.69, 9.17) is 11.6 Å². The lowest BCUT2D eigenvalue weighted by atomic mass is 10.0. The van der Waals surface area contributed by atoms with E-state index in [1.807, 2.05) is 30.3 Å². The molecule has 0 spiro atoms. The molecular weight excluding hydrogens is 366 g/mol. The van der Waals surface area contributed by atoms with E-state index in [1.54, 1.807) is 0 Å². The zero-order valence-electron chi connectivity index (χ0n) is 14.8. The topological polar surface area (TPSA) is 45.2 Å². The Hall–Kier alpha value is -1.69. The van der Waals surface area contributed by atoms with Crippen LogP contribution in [0.15, 0.2) is 30.3 Å². The third-order valence-electron chi connectivity index (χ3n) is 5.17. The molecule has 1 aromatic carbocycles. The van der Waals surface area contributed by atoms with Gasteiger partial charge in [0, 0.05) is 34.6 Å². The number of pyridine rings is 1. The molecule has 0 aliphatic carbocycles. The summed E-state index contributed by atoms with van der Waals surface area (Å²) in [7, 11) is 0. The van der Waals surface area contributed by atoms with Crippen molar-refractivity contribution in [1.29, 1.82) is 0 Å². The minimum Gasteiger partial charge on any atom is -0.350 e. The van der Waals surface area contributed by atoms with Crippen molar-refractivity contribution in [3.63, 3.8) is 0 Å². The van der Waals surface area contributed by atoms with Crippen molar-refractivity contribution in [3.8, 4) is 0 Å². The third kappa shape index (κ3) is 3.43. The van der Waals surface area contributed by atoms with Crippen LogP contribution in [0.25, 0.3) is 21.0 Å². The number of carbonyl (C=O) groups is 1. The maximum Gasteiger partial charge on any atom is 0.261 e. The standard InChI is InChI=1S/C20H22ClN3OS/c1-13-6-4-5-10-24(13)11-9-22-20(25)17-12-15-18(26-17)14-7-2-3-8-16(14)23-19(15)21/h2-3,7-8,12-13H,4-6,9-11H2,1H3,(H,22,25). The molecule has 1 saturated heterocycles. The number of carbonyl (C=O) groups excluding carboxylic acids is 1. The van der Waals surface area contributed by atoms with Gasteiger partial charge in [0.05, 0.1) is 10.4 Å². The van der Waals surface area contributed by atoms with Crippen molar-refractivity contribution in [1.82, 2.24) is 15.2 Å². The van der Waals surface area contributed by atoms with Gasteiger partial charge in [0.25, 0.3) is 5.91 Å². The molecular formula is C20H22ClN3OS. The average molecular weight is 388 g/mol. The monoisotopic (exact) mass is 387 g/mol. The first-order valence-electron chi connectivity index (χ1n) is 9.13. The Morgan fingerprint density at radius 2 is 2.19 bits per heavy atom. The van der Waals surface area contributed by atoms with Gasteiger partial charge >= 0.3 is 0 Å². The fourth-order valence-corrected chi connectivity index (χ4v) is 5.08. The molecule has 3 aromatic rings. The lowest BCUT2D eigenvalue weighted by Crippen LogP contribution is -2.42. The molecule has 2 aromatic heterocycles. The van der Waals surface area contributed by atoms with Gasteiger partial charge in [-0.1, -0.05) is 36.2 Å². The number of aromatic nitrogens is 1. The predicted octanol–water partition coefficient (Wildman–Crippen LogP) is 4.71. The molecule has 1 aliphatic rings. The van der Waals surface area contributed by atoms with E-state index in [0.29, 0.717) is 22.6 Å². The van der Waals surface area contributed by atoms with Crippen molar-refractivity contribution in [2.45, 2.75) is 32.2 Å². The summed E-state index contributed by atoms with van der Waals surface area (Å²) >= 11 is 7.82. The number of nitrogens with one attached hydrogen (secondary N) is 1. The normalized spacial score (nSPS) is 18.5. The van der Waals surface area contributed by atoms with E-state index in [1.165, 1.54) is 30.6 Å². The zero-order chi connectivity index (χ0) is 18.1. The van der Waals surface area contributed by atoms with E-state index >= 15 is 0 Å². The van der Waals surface area contributed by atoms with Crippen LogP contribution in [0.1, 0.15) is 35.9 Å². The Morgan fingerprint density at radius 1 is 1.35 bits per heavy atom. The molecule has 1 atom stereocenters. The fourth-order valence-electron chi connectivity index (χ4n) is 3.68. The molecule has 1 unspecified atom stereocenters. The van der Waals surface area contributed by atoms with Gasteiger partial charge in [0.2, 0.25) is 0 Å². The lowest BCUT2D eigenvalue weighted by molar-refractivity contribution is 0.0942. The van der Waals surface area contributed by atoms with Gasteiger partial charge in [0.15, 0.2) is 0 Å². The van der Waals surface area contributed by atoms with Crippen LogP contribution >= 0.6 is 22.9 Å². The number of rotatable bonds is 4. The number of nitrogens with zero attached hydrogens (tertiary/aromatic N) is 2. The zero-order valence-corrected chi connectivity index (χ0v) is 16.4. The lowest BCUT2D eigenvalue weighted by Gasteiger charge is -2.33. The predicted molar refractivity (Wildman–Crippen MR) is 109 cm³/mol. The van der Waals surface area contributed by atoms with Gasteiger partial charge in [-0.15, -0.1) is 11.3 Å². The molecule has 0 bridgehead atoms. The van der Waals surface area contributed by atoms with Crippen LogP contribution in [0.4, 0.5) is 0 Å². The summed E-state index contributed by atoms with van der Waals surface area (Å²) in [6.07, 6.45) is 3.82. The summed E-state index contributed by atoms with van der Waals surface area (Å²) in [5, 5.41) is 5.41. The van der Waals surface area contributed by atoms with Gasteiger partial charge in [-0.2, -0.15) is 0 Å². The Labute approximate surface area is 162 Å². The maximum atomic E-state index is 12.6. The quantitative estimate of drug-likeness (QED) is 0.659. The van der Waals surface area contributed by atoms with Gasteiger partial charge in [-0.3, -0.25) is 9.69 Å². The molecule has 4 rings (SSSR count). The Morgan fingerprint density at radius 3 is 3.04 bits per heavy atom. The highest BCUT2D eigenvalue weighted by atomic mass is 35.5. The minimum absolute atomic E-state index is 0.0315. The van der Waals surface area contributed by atoms with Crippen LogP contribution in [0.2, 0.25) is 5.15 Å². The maximum absolute atomic E-state index is 12.6. The Kier molecular flexibility index (Phi) is 5.11. The molecule has 0 radical (unpaired) electrons. The first-order valence-corrected chi connectivity index (χ1v) is 10.3. The van der Waals surface area contributed by atoms with E-state index < -0.39 is 0 Å². The van der Waals surface area contributed by atoms with Crippen LogP contribution in [-0.4, -0.2) is 41.5 Å². The number of amides is 1. The van der Waals surface area contributed by atoms with E-state index in [2.05, 4.69) is 22.1 Å². The van der Waals surface area contributed by atoms with Gasteiger partial charge < -0.3 is 5.32 Å². The van der Waals surface area contributed by atoms with Crippen LogP contribution in [0, 0.1) is 0 Å². The summed E-state index contributed by atoms with van der Waals surface area (Å²) in [4.78, 5) is 20.2. The molecule has 3 heterocycles. The average Bonchev–Trinajstić information content (AvgIpc) is 3.10. The van der Waals surface area contributed by atoms with Crippen molar-refractivity contribution in [2.24, 2.45) is 0 Å². The Bertz CT molecular complexity index is 955. The molecule has 1 fully saturated rings. The summed E-state index contributed by atoms with van der Waals surface area (Å²) in [5.41, 5.74) is 0.859. The largest absolute Gasteiger partial charge is 0.350 e. The number of likely N-dealkylation sites (tertiary alicyclic amines) is 1. The summed E-state index contributed by atoms with van der Waals surface area (Å²) < 4.78 is 1.02. The molecule has 1 amide bonds.